The van der Waals surface area contributed by atoms with Gasteiger partial charge in [-0.2, -0.15) is 5.10 Å². The zero-order valence-corrected chi connectivity index (χ0v) is 30.7. The van der Waals surface area contributed by atoms with Crippen molar-refractivity contribution >= 4 is 23.6 Å². The summed E-state index contributed by atoms with van der Waals surface area (Å²) >= 11 is 0. The Morgan fingerprint density at radius 3 is 2.25 bits per heavy atom. The molecule has 2 saturated carbocycles. The van der Waals surface area contributed by atoms with Gasteiger partial charge in [-0.25, -0.2) is 0 Å². The minimum absolute atomic E-state index is 0.00396. The summed E-state index contributed by atoms with van der Waals surface area (Å²) in [5, 5.41) is 7.64. The van der Waals surface area contributed by atoms with Crippen LogP contribution >= 0.6 is 0 Å². The molecule has 0 bridgehead atoms. The highest BCUT2D eigenvalue weighted by molar-refractivity contribution is 5.96. The van der Waals surface area contributed by atoms with Crippen molar-refractivity contribution < 1.29 is 23.9 Å². The average Bonchev–Trinajstić information content (AvgIpc) is 3.42. The zero-order chi connectivity index (χ0) is 35.8. The first-order valence-electron chi connectivity index (χ1n) is 19.4. The molecule has 51 heavy (non-hydrogen) atoms. The van der Waals surface area contributed by atoms with Gasteiger partial charge in [0.05, 0.1) is 30.3 Å². The predicted molar refractivity (Wildman–Crippen MR) is 192 cm³/mol. The van der Waals surface area contributed by atoms with Gasteiger partial charge in [0.15, 0.2) is 0 Å². The summed E-state index contributed by atoms with van der Waals surface area (Å²) in [6, 6.07) is 9.15. The van der Waals surface area contributed by atoms with Gasteiger partial charge in [0, 0.05) is 63.4 Å². The van der Waals surface area contributed by atoms with Crippen LogP contribution in [0.25, 0.3) is 0 Å². The van der Waals surface area contributed by atoms with Gasteiger partial charge in [-0.3, -0.25) is 23.9 Å². The molecule has 276 valence electrons. The lowest BCUT2D eigenvalue weighted by Gasteiger charge is -2.50. The Hall–Kier alpha value is -3.73. The molecular weight excluding hydrogens is 644 g/mol. The first-order valence-corrected chi connectivity index (χ1v) is 19.4. The van der Waals surface area contributed by atoms with Crippen molar-refractivity contribution in [2.24, 2.45) is 28.6 Å². The molecule has 5 fully saturated rings. The van der Waals surface area contributed by atoms with Crippen LogP contribution in [0.3, 0.4) is 0 Å². The fourth-order valence-electron chi connectivity index (χ4n) is 8.98. The maximum Gasteiger partial charge on any atom is 0.257 e. The molecule has 1 spiro atoms. The van der Waals surface area contributed by atoms with E-state index in [1.807, 2.05) is 47.1 Å². The second kappa shape index (κ2) is 14.7. The number of carbonyl (C=O) groups excluding carboxylic acids is 4. The number of hydrogen-bond donors (Lipinski definition) is 1. The molecule has 4 atom stereocenters. The van der Waals surface area contributed by atoms with Gasteiger partial charge in [-0.05, 0) is 62.3 Å². The molecule has 0 radical (unpaired) electrons. The first-order chi connectivity index (χ1) is 24.5. The normalized spacial score (nSPS) is 25.3. The van der Waals surface area contributed by atoms with Crippen molar-refractivity contribution in [1.82, 2.24) is 29.8 Å². The molecule has 1 aromatic carbocycles. The Balaban J connectivity index is 1.08. The van der Waals surface area contributed by atoms with Gasteiger partial charge in [0.25, 0.3) is 5.91 Å². The fourth-order valence-corrected chi connectivity index (χ4v) is 8.98. The molecule has 4 amide bonds. The van der Waals surface area contributed by atoms with E-state index < -0.39 is 23.5 Å². The van der Waals surface area contributed by atoms with Crippen molar-refractivity contribution in [3.63, 3.8) is 0 Å². The lowest BCUT2D eigenvalue weighted by atomic mass is 9.70. The highest BCUT2D eigenvalue weighted by Gasteiger charge is 2.62. The molecule has 1 N–H and O–H groups in total. The highest BCUT2D eigenvalue weighted by Crippen LogP contribution is 2.54. The number of nitrogens with one attached hydrogen (secondary N) is 1. The van der Waals surface area contributed by atoms with Crippen LogP contribution in [-0.4, -0.2) is 106 Å². The van der Waals surface area contributed by atoms with Crippen LogP contribution in [-0.2, 0) is 25.7 Å². The summed E-state index contributed by atoms with van der Waals surface area (Å²) in [7, 11) is 0. The molecule has 11 heteroatoms. The molecule has 11 nitrogen and oxygen atoms in total. The summed E-state index contributed by atoms with van der Waals surface area (Å²) in [4.78, 5) is 61.5. The molecule has 3 aliphatic heterocycles. The zero-order valence-electron chi connectivity index (χ0n) is 30.7. The van der Waals surface area contributed by atoms with E-state index in [4.69, 9.17) is 4.74 Å². The summed E-state index contributed by atoms with van der Waals surface area (Å²) in [6.07, 6.45) is 12.7. The van der Waals surface area contributed by atoms with Crippen LogP contribution in [0, 0.1) is 28.6 Å². The van der Waals surface area contributed by atoms with Gasteiger partial charge in [0.1, 0.15) is 6.04 Å². The number of piperidine rings is 1. The number of hydrogen-bond acceptors (Lipinski definition) is 6. The topological polar surface area (TPSA) is 117 Å². The number of amides is 4. The van der Waals surface area contributed by atoms with Crippen LogP contribution in [0.15, 0.2) is 42.7 Å². The Kier molecular flexibility index (Phi) is 10.3. The quantitative estimate of drug-likeness (QED) is 0.373. The Labute approximate surface area is 302 Å². The van der Waals surface area contributed by atoms with Crippen LogP contribution < -0.4 is 5.32 Å². The van der Waals surface area contributed by atoms with E-state index in [-0.39, 0.29) is 41.5 Å². The largest absolute Gasteiger partial charge is 0.376 e. The third-order valence-corrected chi connectivity index (χ3v) is 12.5. The van der Waals surface area contributed by atoms with E-state index >= 15 is 0 Å². The monoisotopic (exact) mass is 700 g/mol. The number of benzene rings is 1. The number of ether oxygens (including phenoxy) is 1. The average molecular weight is 701 g/mol. The van der Waals surface area contributed by atoms with Gasteiger partial charge >= 0.3 is 0 Å². The van der Waals surface area contributed by atoms with E-state index in [1.54, 1.807) is 22.0 Å². The number of carbonyl (C=O) groups is 4. The Morgan fingerprint density at radius 2 is 1.57 bits per heavy atom. The van der Waals surface area contributed by atoms with E-state index in [0.717, 1.165) is 44.1 Å². The fraction of sp³-hybridized carbons (Fsp3) is 0.675. The number of nitrogens with zero attached hydrogens (tertiary/aromatic N) is 5. The maximum atomic E-state index is 14.5. The molecule has 7 rings (SSSR count). The molecule has 5 aliphatic rings. The summed E-state index contributed by atoms with van der Waals surface area (Å²) < 4.78 is 8.14. The van der Waals surface area contributed by atoms with Gasteiger partial charge in [-0.15, -0.1) is 0 Å². The number of aromatic nitrogens is 2. The van der Waals surface area contributed by atoms with Crippen LogP contribution in [0.1, 0.15) is 94.5 Å². The second-order valence-corrected chi connectivity index (χ2v) is 16.9. The van der Waals surface area contributed by atoms with Crippen molar-refractivity contribution in [1.29, 1.82) is 0 Å². The van der Waals surface area contributed by atoms with Crippen LogP contribution in [0.2, 0.25) is 0 Å². The standard InChI is InChI=1S/C40H56N6O5/c1-28(51-24-30-15-9-5-10-16-30)34(38(50)43-17-11-6-12-18-43)42-35(47)33-23-44(25-40(33)26-45(27-40)37(49)32-19-39(32,2)3)36(48)31-20-41-46(22-31)21-29-13-7-4-8-14-29/h4,7-8,13-14,20,22,28,30,32-34H,5-6,9-12,15-19,21,23-27H2,1-3H3,(H,42,47)/t28-,32-,33?,34+/m1/s1. The van der Waals surface area contributed by atoms with Crippen LogP contribution in [0.4, 0.5) is 0 Å². The molecular formula is C40H56N6O5. The van der Waals surface area contributed by atoms with Gasteiger partial charge < -0.3 is 24.8 Å². The molecule has 1 unspecified atom stereocenters. The lowest BCUT2D eigenvalue weighted by molar-refractivity contribution is -0.153. The Morgan fingerprint density at radius 1 is 0.902 bits per heavy atom. The summed E-state index contributed by atoms with van der Waals surface area (Å²) in [6.45, 7) is 10.1. The van der Waals surface area contributed by atoms with Gasteiger partial charge in [-0.1, -0.05) is 63.4 Å². The second-order valence-electron chi connectivity index (χ2n) is 16.9. The van der Waals surface area contributed by atoms with Gasteiger partial charge in [0.2, 0.25) is 17.7 Å². The molecule has 2 aromatic rings. The van der Waals surface area contributed by atoms with Crippen molar-refractivity contribution in [2.45, 2.75) is 97.2 Å². The lowest BCUT2D eigenvalue weighted by Crippen LogP contribution is -2.65. The first kappa shape index (κ1) is 35.7. The highest BCUT2D eigenvalue weighted by atomic mass is 16.5. The third-order valence-electron chi connectivity index (χ3n) is 12.5. The van der Waals surface area contributed by atoms with Crippen molar-refractivity contribution in [3.8, 4) is 0 Å². The van der Waals surface area contributed by atoms with E-state index in [1.165, 1.54) is 19.3 Å². The van der Waals surface area contributed by atoms with Crippen LogP contribution in [0.5, 0.6) is 0 Å². The minimum Gasteiger partial charge on any atom is -0.376 e. The molecule has 3 saturated heterocycles. The SMILES string of the molecule is C[C@@H](OCC1CCCCC1)[C@H](NC(=O)C1CN(C(=O)c2cnn(Cc3ccccc3)c2)CC12CN(C(=O)[C@H]1CC1(C)C)C2)C(=O)N1CCCCC1. The van der Waals surface area contributed by atoms with E-state index in [0.29, 0.717) is 57.4 Å². The smallest absolute Gasteiger partial charge is 0.257 e. The molecule has 1 aromatic heterocycles. The van der Waals surface area contributed by atoms with E-state index in [2.05, 4.69) is 24.3 Å². The van der Waals surface area contributed by atoms with Crippen molar-refractivity contribution in [3.05, 3.63) is 53.9 Å². The number of likely N-dealkylation sites (tertiary alicyclic amines) is 3. The molecule has 2 aliphatic carbocycles. The maximum absolute atomic E-state index is 14.5. The van der Waals surface area contributed by atoms with Crippen molar-refractivity contribution in [2.75, 3.05) is 45.9 Å². The Bertz CT molecular complexity index is 1570. The predicted octanol–water partition coefficient (Wildman–Crippen LogP) is 4.36. The summed E-state index contributed by atoms with van der Waals surface area (Å²) in [5.74, 6) is -0.461. The summed E-state index contributed by atoms with van der Waals surface area (Å²) in [5.41, 5.74) is 0.973. The third kappa shape index (κ3) is 7.74. The molecule has 4 heterocycles. The number of rotatable bonds is 11. The minimum atomic E-state index is -0.817. The van der Waals surface area contributed by atoms with E-state index in [9.17, 15) is 19.2 Å².